The molecular formula is C8H8ClNO2S2. The highest BCUT2D eigenvalue weighted by Crippen LogP contribution is 2.28. The van der Waals surface area contributed by atoms with E-state index in [1.807, 2.05) is 0 Å². The maximum Gasteiger partial charge on any atom is 0.203 e. The summed E-state index contributed by atoms with van der Waals surface area (Å²) in [5.74, 6) is 0. The van der Waals surface area contributed by atoms with Crippen molar-refractivity contribution < 1.29 is 8.42 Å². The molecule has 76 valence electrons. The SMILES string of the molecule is CCC(C#N)S(=O)(=O)c1ccc(Cl)s1. The third-order valence-corrected chi connectivity index (χ3v) is 5.58. The summed E-state index contributed by atoms with van der Waals surface area (Å²) >= 11 is 6.61. The van der Waals surface area contributed by atoms with E-state index in [1.165, 1.54) is 12.1 Å². The highest BCUT2D eigenvalue weighted by atomic mass is 35.5. The molecule has 0 N–H and O–H groups in total. The number of rotatable bonds is 3. The van der Waals surface area contributed by atoms with E-state index in [1.54, 1.807) is 13.0 Å². The lowest BCUT2D eigenvalue weighted by Crippen LogP contribution is -2.17. The fourth-order valence-corrected chi connectivity index (χ4v) is 4.08. The molecule has 1 aromatic heterocycles. The average molecular weight is 250 g/mol. The number of sulfone groups is 1. The minimum absolute atomic E-state index is 0.163. The van der Waals surface area contributed by atoms with Gasteiger partial charge in [0.05, 0.1) is 10.4 Å². The molecule has 1 heterocycles. The van der Waals surface area contributed by atoms with E-state index in [9.17, 15) is 8.42 Å². The van der Waals surface area contributed by atoms with Crippen molar-refractivity contribution in [3.63, 3.8) is 0 Å². The van der Waals surface area contributed by atoms with E-state index in [4.69, 9.17) is 16.9 Å². The molecule has 0 saturated heterocycles. The predicted molar refractivity (Wildman–Crippen MR) is 56.2 cm³/mol. The summed E-state index contributed by atoms with van der Waals surface area (Å²) in [5, 5.41) is 7.70. The molecule has 1 aromatic rings. The molecule has 0 fully saturated rings. The van der Waals surface area contributed by atoms with Gasteiger partial charge in [0.25, 0.3) is 0 Å². The summed E-state index contributed by atoms with van der Waals surface area (Å²) in [7, 11) is -3.51. The molecule has 0 saturated carbocycles. The summed E-state index contributed by atoms with van der Waals surface area (Å²) in [6, 6.07) is 4.73. The molecule has 0 spiro atoms. The highest BCUT2D eigenvalue weighted by Gasteiger charge is 2.27. The van der Waals surface area contributed by atoms with Gasteiger partial charge in [0.15, 0.2) is 5.25 Å². The van der Waals surface area contributed by atoms with Crippen LogP contribution in [-0.4, -0.2) is 13.7 Å². The van der Waals surface area contributed by atoms with Crippen LogP contribution in [0, 0.1) is 11.3 Å². The van der Waals surface area contributed by atoms with E-state index < -0.39 is 15.1 Å². The Hall–Kier alpha value is -0.570. The summed E-state index contributed by atoms with van der Waals surface area (Å²) < 4.78 is 24.1. The van der Waals surface area contributed by atoms with Crippen LogP contribution < -0.4 is 0 Å². The molecule has 0 aliphatic heterocycles. The van der Waals surface area contributed by atoms with Crippen molar-refractivity contribution in [1.82, 2.24) is 0 Å². The summed E-state index contributed by atoms with van der Waals surface area (Å²) in [5.41, 5.74) is 0. The van der Waals surface area contributed by atoms with Crippen molar-refractivity contribution in [3.8, 4) is 6.07 Å². The standard InChI is InChI=1S/C8H8ClNO2S2/c1-2-6(5-10)14(11,12)8-4-3-7(9)13-8/h3-4,6H,2H2,1H3. The number of nitriles is 1. The summed E-state index contributed by atoms with van der Waals surface area (Å²) in [4.78, 5) is 0. The van der Waals surface area contributed by atoms with Crippen LogP contribution in [0.4, 0.5) is 0 Å². The molecule has 0 aliphatic carbocycles. The summed E-state index contributed by atoms with van der Waals surface area (Å²) in [6.07, 6.45) is 0.286. The first kappa shape index (κ1) is 11.5. The zero-order chi connectivity index (χ0) is 10.8. The smallest absolute Gasteiger partial charge is 0.203 e. The topological polar surface area (TPSA) is 57.9 Å². The Balaban J connectivity index is 3.15. The number of nitrogens with zero attached hydrogens (tertiary/aromatic N) is 1. The third kappa shape index (κ3) is 2.08. The van der Waals surface area contributed by atoms with Crippen molar-refractivity contribution in [2.24, 2.45) is 0 Å². The normalized spacial score (nSPS) is 13.5. The van der Waals surface area contributed by atoms with Crippen molar-refractivity contribution in [2.75, 3.05) is 0 Å². The van der Waals surface area contributed by atoms with E-state index in [-0.39, 0.29) is 10.6 Å². The van der Waals surface area contributed by atoms with Gasteiger partial charge in [-0.25, -0.2) is 8.42 Å². The zero-order valence-electron chi connectivity index (χ0n) is 7.40. The Bertz CT molecular complexity index is 458. The Kier molecular flexibility index (Phi) is 3.53. The van der Waals surface area contributed by atoms with Crippen LogP contribution in [0.25, 0.3) is 0 Å². The van der Waals surface area contributed by atoms with Crippen LogP contribution in [0.1, 0.15) is 13.3 Å². The lowest BCUT2D eigenvalue weighted by Gasteiger charge is -2.04. The average Bonchev–Trinajstić information content (AvgIpc) is 2.54. The van der Waals surface area contributed by atoms with Gasteiger partial charge in [-0.15, -0.1) is 11.3 Å². The molecule has 1 unspecified atom stereocenters. The van der Waals surface area contributed by atoms with Crippen LogP contribution >= 0.6 is 22.9 Å². The van der Waals surface area contributed by atoms with Gasteiger partial charge >= 0.3 is 0 Å². The maximum absolute atomic E-state index is 11.7. The monoisotopic (exact) mass is 249 g/mol. The van der Waals surface area contributed by atoms with Gasteiger partial charge in [-0.05, 0) is 18.6 Å². The maximum atomic E-state index is 11.7. The number of hydrogen-bond donors (Lipinski definition) is 0. The van der Waals surface area contributed by atoms with Crippen LogP contribution in [0.2, 0.25) is 4.34 Å². The Labute approximate surface area is 91.9 Å². The molecule has 0 aromatic carbocycles. The molecule has 0 aliphatic rings. The van der Waals surface area contributed by atoms with Crippen LogP contribution in [-0.2, 0) is 9.84 Å². The second kappa shape index (κ2) is 4.30. The van der Waals surface area contributed by atoms with Gasteiger partial charge in [0.2, 0.25) is 9.84 Å². The van der Waals surface area contributed by atoms with Gasteiger partial charge in [-0.2, -0.15) is 5.26 Å². The Morgan fingerprint density at radius 1 is 1.64 bits per heavy atom. The molecule has 3 nitrogen and oxygen atoms in total. The van der Waals surface area contributed by atoms with Gasteiger partial charge < -0.3 is 0 Å². The lowest BCUT2D eigenvalue weighted by molar-refractivity contribution is 0.589. The second-order valence-electron chi connectivity index (χ2n) is 2.63. The fraction of sp³-hybridized carbons (Fsp3) is 0.375. The van der Waals surface area contributed by atoms with Crippen molar-refractivity contribution in [2.45, 2.75) is 22.8 Å². The van der Waals surface area contributed by atoms with E-state index in [0.29, 0.717) is 4.34 Å². The largest absolute Gasteiger partial charge is 0.221 e. The van der Waals surface area contributed by atoms with Crippen LogP contribution in [0.5, 0.6) is 0 Å². The van der Waals surface area contributed by atoms with E-state index >= 15 is 0 Å². The lowest BCUT2D eigenvalue weighted by atomic mass is 10.4. The molecule has 0 radical (unpaired) electrons. The van der Waals surface area contributed by atoms with Crippen molar-refractivity contribution in [1.29, 1.82) is 5.26 Å². The Morgan fingerprint density at radius 2 is 2.29 bits per heavy atom. The molecule has 14 heavy (non-hydrogen) atoms. The van der Waals surface area contributed by atoms with E-state index in [2.05, 4.69) is 0 Å². The van der Waals surface area contributed by atoms with Gasteiger partial charge in [-0.3, -0.25) is 0 Å². The molecule has 6 heteroatoms. The van der Waals surface area contributed by atoms with Crippen molar-refractivity contribution in [3.05, 3.63) is 16.5 Å². The highest BCUT2D eigenvalue weighted by molar-refractivity contribution is 7.94. The second-order valence-corrected chi connectivity index (χ2v) is 6.70. The predicted octanol–water partition coefficient (Wildman–Crippen LogP) is 2.48. The molecule has 1 rings (SSSR count). The Morgan fingerprint density at radius 3 is 2.64 bits per heavy atom. The van der Waals surface area contributed by atoms with Gasteiger partial charge in [0.1, 0.15) is 4.21 Å². The molecule has 0 bridgehead atoms. The number of halogens is 1. The first-order chi connectivity index (χ1) is 6.52. The first-order valence-electron chi connectivity index (χ1n) is 3.91. The van der Waals surface area contributed by atoms with Crippen LogP contribution in [0.15, 0.2) is 16.3 Å². The van der Waals surface area contributed by atoms with Gasteiger partial charge in [-0.1, -0.05) is 18.5 Å². The molecule has 1 atom stereocenters. The minimum Gasteiger partial charge on any atom is -0.221 e. The molecular weight excluding hydrogens is 242 g/mol. The van der Waals surface area contributed by atoms with E-state index in [0.717, 1.165) is 11.3 Å². The number of hydrogen-bond acceptors (Lipinski definition) is 4. The third-order valence-electron chi connectivity index (χ3n) is 1.72. The van der Waals surface area contributed by atoms with Crippen molar-refractivity contribution >= 4 is 32.8 Å². The first-order valence-corrected chi connectivity index (χ1v) is 6.65. The van der Waals surface area contributed by atoms with Crippen LogP contribution in [0.3, 0.4) is 0 Å². The zero-order valence-corrected chi connectivity index (χ0v) is 9.79. The van der Waals surface area contributed by atoms with Gasteiger partial charge in [0, 0.05) is 0 Å². The minimum atomic E-state index is -3.51. The fourth-order valence-electron chi connectivity index (χ4n) is 0.971. The quantitative estimate of drug-likeness (QED) is 0.827. The molecule has 0 amide bonds. The number of thiophene rings is 1. The summed E-state index contributed by atoms with van der Waals surface area (Å²) in [6.45, 7) is 1.67.